The maximum atomic E-state index is 5.84. The van der Waals surface area contributed by atoms with Gasteiger partial charge in [0.2, 0.25) is 0 Å². The number of guanidine groups is 1. The monoisotopic (exact) mass is 355 g/mol. The fraction of sp³-hybridized carbons (Fsp3) is 0.500. The van der Waals surface area contributed by atoms with Crippen molar-refractivity contribution in [3.8, 4) is 0 Å². The summed E-state index contributed by atoms with van der Waals surface area (Å²) in [7, 11) is 5.82. The average molecular weight is 355 g/mol. The first-order chi connectivity index (χ1) is 12.5. The summed E-state index contributed by atoms with van der Waals surface area (Å²) in [6.07, 6.45) is 2.21. The number of nitrogens with zero attached hydrogens (tertiary/aromatic N) is 3. The van der Waals surface area contributed by atoms with Crippen molar-refractivity contribution in [1.82, 2.24) is 15.6 Å². The van der Waals surface area contributed by atoms with Gasteiger partial charge in [0, 0.05) is 46.2 Å². The van der Waals surface area contributed by atoms with E-state index in [1.54, 1.807) is 7.05 Å². The molecule has 6 nitrogen and oxygen atoms in total. The lowest BCUT2D eigenvalue weighted by Crippen LogP contribution is -2.45. The molecule has 140 valence electrons. The Balaban J connectivity index is 1.71. The first-order valence-electron chi connectivity index (χ1n) is 9.15. The molecule has 1 saturated heterocycles. The summed E-state index contributed by atoms with van der Waals surface area (Å²) in [6, 6.07) is 10.4. The number of para-hydroxylation sites is 1. The van der Waals surface area contributed by atoms with Crippen molar-refractivity contribution in [1.29, 1.82) is 0 Å². The van der Waals surface area contributed by atoms with Crippen LogP contribution in [0.3, 0.4) is 0 Å². The van der Waals surface area contributed by atoms with E-state index in [-0.39, 0.29) is 5.60 Å². The lowest BCUT2D eigenvalue weighted by Gasteiger charge is -2.25. The Morgan fingerprint density at radius 3 is 2.81 bits per heavy atom. The van der Waals surface area contributed by atoms with Gasteiger partial charge in [0.25, 0.3) is 0 Å². The Morgan fingerprint density at radius 2 is 2.12 bits per heavy atom. The van der Waals surface area contributed by atoms with Crippen LogP contribution in [0.1, 0.15) is 25.3 Å². The van der Waals surface area contributed by atoms with E-state index in [9.17, 15) is 0 Å². The van der Waals surface area contributed by atoms with E-state index in [1.807, 2.05) is 31.1 Å². The van der Waals surface area contributed by atoms with Crippen molar-refractivity contribution in [2.45, 2.75) is 31.9 Å². The third-order valence-corrected chi connectivity index (χ3v) is 4.85. The van der Waals surface area contributed by atoms with E-state index in [0.717, 1.165) is 48.7 Å². The van der Waals surface area contributed by atoms with Crippen LogP contribution in [0.25, 0.3) is 10.9 Å². The van der Waals surface area contributed by atoms with Crippen molar-refractivity contribution < 1.29 is 4.74 Å². The summed E-state index contributed by atoms with van der Waals surface area (Å²) in [4.78, 5) is 11.1. The van der Waals surface area contributed by atoms with Crippen LogP contribution in [0.15, 0.2) is 35.3 Å². The molecule has 0 saturated carbocycles. The average Bonchev–Trinajstić information content (AvgIpc) is 3.08. The molecule has 0 aliphatic carbocycles. The number of pyridine rings is 1. The Bertz CT molecular complexity index is 781. The molecule has 2 aromatic rings. The van der Waals surface area contributed by atoms with E-state index in [1.165, 1.54) is 5.56 Å². The number of anilines is 1. The Kier molecular flexibility index (Phi) is 5.61. The fourth-order valence-corrected chi connectivity index (χ4v) is 3.25. The predicted octanol–water partition coefficient (Wildman–Crippen LogP) is 2.53. The lowest BCUT2D eigenvalue weighted by molar-refractivity contribution is 0.0243. The van der Waals surface area contributed by atoms with Crippen molar-refractivity contribution in [3.05, 3.63) is 35.9 Å². The van der Waals surface area contributed by atoms with E-state index in [0.29, 0.717) is 6.54 Å². The second-order valence-electron chi connectivity index (χ2n) is 7.23. The Hall–Kier alpha value is -2.34. The Labute approximate surface area is 155 Å². The largest absolute Gasteiger partial charge is 0.373 e. The number of aromatic nitrogens is 1. The van der Waals surface area contributed by atoms with Crippen LogP contribution in [-0.4, -0.2) is 50.8 Å². The molecule has 0 bridgehead atoms. The van der Waals surface area contributed by atoms with E-state index < -0.39 is 0 Å². The maximum Gasteiger partial charge on any atom is 0.191 e. The van der Waals surface area contributed by atoms with Crippen LogP contribution in [0.5, 0.6) is 0 Å². The minimum absolute atomic E-state index is 0.0981. The molecule has 0 amide bonds. The molecule has 0 spiro atoms. The van der Waals surface area contributed by atoms with Gasteiger partial charge in [-0.15, -0.1) is 0 Å². The molecular formula is C20H29N5O. The number of benzene rings is 1. The smallest absolute Gasteiger partial charge is 0.191 e. The first kappa shape index (κ1) is 18.5. The van der Waals surface area contributed by atoms with Crippen LogP contribution < -0.4 is 15.5 Å². The molecule has 1 atom stereocenters. The van der Waals surface area contributed by atoms with Crippen molar-refractivity contribution in [2.75, 3.05) is 39.2 Å². The minimum Gasteiger partial charge on any atom is -0.373 e. The summed E-state index contributed by atoms with van der Waals surface area (Å²) in [5.74, 6) is 1.74. The molecule has 1 fully saturated rings. The van der Waals surface area contributed by atoms with Gasteiger partial charge in [-0.05, 0) is 37.5 Å². The van der Waals surface area contributed by atoms with Crippen LogP contribution >= 0.6 is 0 Å². The summed E-state index contributed by atoms with van der Waals surface area (Å²) in [5, 5.41) is 7.98. The van der Waals surface area contributed by atoms with Gasteiger partial charge in [0.05, 0.1) is 11.1 Å². The standard InChI is InChI=1S/C20H29N5O/c1-20(10-7-11-26-20)14-23-19(21-2)22-13-15-12-18(25(3)4)24-17-9-6-5-8-16(15)17/h5-6,8-9,12H,7,10-11,13-14H2,1-4H3,(H2,21,22,23). The van der Waals surface area contributed by atoms with Gasteiger partial charge in [0.15, 0.2) is 5.96 Å². The lowest BCUT2D eigenvalue weighted by atomic mass is 10.0. The highest BCUT2D eigenvalue weighted by Crippen LogP contribution is 2.24. The normalized spacial score (nSPS) is 20.4. The first-order valence-corrected chi connectivity index (χ1v) is 9.15. The van der Waals surface area contributed by atoms with Crippen molar-refractivity contribution in [3.63, 3.8) is 0 Å². The number of fused-ring (bicyclic) bond motifs is 1. The molecule has 0 radical (unpaired) electrons. The van der Waals surface area contributed by atoms with Crippen LogP contribution in [0.2, 0.25) is 0 Å². The van der Waals surface area contributed by atoms with E-state index in [2.05, 4.69) is 40.7 Å². The third kappa shape index (κ3) is 4.25. The number of aliphatic imine (C=N–C) groups is 1. The molecule has 6 heteroatoms. The van der Waals surface area contributed by atoms with E-state index >= 15 is 0 Å². The third-order valence-electron chi connectivity index (χ3n) is 4.85. The highest BCUT2D eigenvalue weighted by atomic mass is 16.5. The zero-order chi connectivity index (χ0) is 18.6. The highest BCUT2D eigenvalue weighted by Gasteiger charge is 2.29. The van der Waals surface area contributed by atoms with Crippen LogP contribution in [0.4, 0.5) is 5.82 Å². The predicted molar refractivity (Wildman–Crippen MR) is 108 cm³/mol. The molecule has 1 unspecified atom stereocenters. The molecule has 3 rings (SSSR count). The molecule has 1 aliphatic rings. The Morgan fingerprint density at radius 1 is 1.31 bits per heavy atom. The zero-order valence-electron chi connectivity index (χ0n) is 16.2. The molecule has 26 heavy (non-hydrogen) atoms. The SMILES string of the molecule is CN=C(NCc1cc(N(C)C)nc2ccccc12)NCC1(C)CCCO1. The number of rotatable bonds is 5. The molecule has 2 heterocycles. The maximum absolute atomic E-state index is 5.84. The fourth-order valence-electron chi connectivity index (χ4n) is 3.25. The summed E-state index contributed by atoms with van der Waals surface area (Å²) >= 11 is 0. The van der Waals surface area contributed by atoms with Crippen LogP contribution in [0, 0.1) is 0 Å². The summed E-state index contributed by atoms with van der Waals surface area (Å²) < 4.78 is 5.84. The second kappa shape index (κ2) is 7.91. The van der Waals surface area contributed by atoms with Gasteiger partial charge in [-0.2, -0.15) is 0 Å². The van der Waals surface area contributed by atoms with Crippen molar-refractivity contribution >= 4 is 22.7 Å². The van der Waals surface area contributed by atoms with Gasteiger partial charge in [0.1, 0.15) is 5.82 Å². The highest BCUT2D eigenvalue weighted by molar-refractivity contribution is 5.85. The molecule has 2 N–H and O–H groups in total. The molecule has 1 aromatic heterocycles. The summed E-state index contributed by atoms with van der Waals surface area (Å²) in [6.45, 7) is 4.44. The van der Waals surface area contributed by atoms with Gasteiger partial charge in [-0.25, -0.2) is 4.98 Å². The van der Waals surface area contributed by atoms with E-state index in [4.69, 9.17) is 9.72 Å². The molecule has 1 aliphatic heterocycles. The molecule has 1 aromatic carbocycles. The van der Waals surface area contributed by atoms with Crippen LogP contribution in [-0.2, 0) is 11.3 Å². The zero-order valence-corrected chi connectivity index (χ0v) is 16.2. The quantitative estimate of drug-likeness (QED) is 0.637. The van der Waals surface area contributed by atoms with Gasteiger partial charge in [-0.1, -0.05) is 18.2 Å². The van der Waals surface area contributed by atoms with Gasteiger partial charge >= 0.3 is 0 Å². The second-order valence-corrected chi connectivity index (χ2v) is 7.23. The molecular weight excluding hydrogens is 326 g/mol. The minimum atomic E-state index is -0.0981. The number of nitrogens with one attached hydrogen (secondary N) is 2. The van der Waals surface area contributed by atoms with Gasteiger partial charge in [-0.3, -0.25) is 4.99 Å². The van der Waals surface area contributed by atoms with Crippen molar-refractivity contribution in [2.24, 2.45) is 4.99 Å². The van der Waals surface area contributed by atoms with Gasteiger partial charge < -0.3 is 20.3 Å². The summed E-state index contributed by atoms with van der Waals surface area (Å²) in [5.41, 5.74) is 2.11. The number of ether oxygens (including phenoxy) is 1. The number of hydrogen-bond donors (Lipinski definition) is 2. The topological polar surface area (TPSA) is 61.8 Å². The number of hydrogen-bond acceptors (Lipinski definition) is 4.